The Kier molecular flexibility index (Phi) is 5.87. The van der Waals surface area contributed by atoms with Crippen LogP contribution in [0.15, 0.2) is 24.3 Å². The minimum absolute atomic E-state index is 0.00529. The van der Waals surface area contributed by atoms with Gasteiger partial charge in [-0.2, -0.15) is 0 Å². The second-order valence-corrected chi connectivity index (χ2v) is 5.04. The van der Waals surface area contributed by atoms with Crippen molar-refractivity contribution in [2.45, 2.75) is 13.3 Å². The minimum atomic E-state index is -0.111. The van der Waals surface area contributed by atoms with Gasteiger partial charge in [0.1, 0.15) is 6.61 Å². The van der Waals surface area contributed by atoms with Crippen LogP contribution in [0.4, 0.5) is 0 Å². The van der Waals surface area contributed by atoms with Gasteiger partial charge in [-0.25, -0.2) is 0 Å². The van der Waals surface area contributed by atoms with Crippen LogP contribution in [-0.2, 0) is 9.53 Å². The van der Waals surface area contributed by atoms with E-state index >= 15 is 0 Å². The summed E-state index contributed by atoms with van der Waals surface area (Å²) in [4.78, 5) is 13.7. The summed E-state index contributed by atoms with van der Waals surface area (Å²) in [5.41, 5.74) is 0. The van der Waals surface area contributed by atoms with Crippen molar-refractivity contribution in [2.24, 2.45) is 5.92 Å². The maximum absolute atomic E-state index is 11.5. The molecule has 0 aliphatic carbocycles. The molecular formula is C16H23NO4. The molecule has 0 radical (unpaired) electrons. The first-order chi connectivity index (χ1) is 10.2. The lowest BCUT2D eigenvalue weighted by Crippen LogP contribution is -2.28. The number of benzene rings is 1. The minimum Gasteiger partial charge on any atom is -0.490 e. The molecule has 1 unspecified atom stereocenters. The number of carbonyl (C=O) groups is 1. The van der Waals surface area contributed by atoms with Crippen molar-refractivity contribution < 1.29 is 19.0 Å². The predicted molar refractivity (Wildman–Crippen MR) is 79.7 cm³/mol. The van der Waals surface area contributed by atoms with Gasteiger partial charge in [0.15, 0.2) is 11.5 Å². The molecule has 1 aromatic carbocycles. The smallest absolute Gasteiger partial charge is 0.310 e. The van der Waals surface area contributed by atoms with Crippen molar-refractivity contribution in [3.63, 3.8) is 0 Å². The summed E-state index contributed by atoms with van der Waals surface area (Å²) >= 11 is 0. The van der Waals surface area contributed by atoms with Crippen LogP contribution in [0.3, 0.4) is 0 Å². The van der Waals surface area contributed by atoms with E-state index in [9.17, 15) is 4.79 Å². The molecular weight excluding hydrogens is 270 g/mol. The summed E-state index contributed by atoms with van der Waals surface area (Å²) < 4.78 is 16.1. The highest BCUT2D eigenvalue weighted by Crippen LogP contribution is 2.26. The third-order valence-corrected chi connectivity index (χ3v) is 3.62. The Morgan fingerprint density at radius 3 is 2.67 bits per heavy atom. The summed E-state index contributed by atoms with van der Waals surface area (Å²) in [6.07, 6.45) is 0.863. The van der Waals surface area contributed by atoms with Gasteiger partial charge >= 0.3 is 5.97 Å². The number of hydrogen-bond acceptors (Lipinski definition) is 5. The first-order valence-corrected chi connectivity index (χ1v) is 7.39. The lowest BCUT2D eigenvalue weighted by molar-refractivity contribution is -0.144. The zero-order valence-electron chi connectivity index (χ0n) is 12.7. The van der Waals surface area contributed by atoms with Gasteiger partial charge in [-0.1, -0.05) is 12.1 Å². The van der Waals surface area contributed by atoms with Crippen molar-refractivity contribution in [3.05, 3.63) is 24.3 Å². The maximum Gasteiger partial charge on any atom is 0.310 e. The van der Waals surface area contributed by atoms with Gasteiger partial charge in [-0.3, -0.25) is 9.69 Å². The fourth-order valence-corrected chi connectivity index (χ4v) is 2.52. The van der Waals surface area contributed by atoms with Crippen LogP contribution in [0.2, 0.25) is 0 Å². The summed E-state index contributed by atoms with van der Waals surface area (Å²) in [6.45, 7) is 5.62. The van der Waals surface area contributed by atoms with Crippen molar-refractivity contribution in [3.8, 4) is 11.5 Å². The van der Waals surface area contributed by atoms with Crippen molar-refractivity contribution in [1.82, 2.24) is 4.90 Å². The van der Waals surface area contributed by atoms with Gasteiger partial charge in [0.2, 0.25) is 0 Å². The molecule has 5 nitrogen and oxygen atoms in total. The zero-order chi connectivity index (χ0) is 15.1. The van der Waals surface area contributed by atoms with E-state index in [-0.39, 0.29) is 11.9 Å². The van der Waals surface area contributed by atoms with Crippen LogP contribution in [0.5, 0.6) is 11.5 Å². The van der Waals surface area contributed by atoms with Crippen molar-refractivity contribution >= 4 is 5.97 Å². The molecule has 0 amide bonds. The largest absolute Gasteiger partial charge is 0.490 e. The van der Waals surface area contributed by atoms with Crippen LogP contribution in [0.25, 0.3) is 0 Å². The molecule has 1 saturated heterocycles. The molecule has 2 rings (SSSR count). The molecule has 1 atom stereocenters. The van der Waals surface area contributed by atoms with Crippen molar-refractivity contribution in [2.75, 3.05) is 40.0 Å². The normalized spacial score (nSPS) is 18.5. The summed E-state index contributed by atoms with van der Waals surface area (Å²) in [6, 6.07) is 7.68. The predicted octanol–water partition coefficient (Wildman–Crippen LogP) is 1.96. The second-order valence-electron chi connectivity index (χ2n) is 5.04. The fourth-order valence-electron chi connectivity index (χ4n) is 2.52. The van der Waals surface area contributed by atoms with E-state index in [0.29, 0.717) is 13.2 Å². The number of rotatable bonds is 7. The SMILES string of the molecule is CCOc1ccccc1OCCN1CCC(C(=O)OC)C1. The number of ether oxygens (including phenoxy) is 3. The molecule has 5 heteroatoms. The molecule has 0 aromatic heterocycles. The van der Waals surface area contributed by atoms with Crippen LogP contribution in [-0.4, -0.2) is 50.8 Å². The van der Waals surface area contributed by atoms with Gasteiger partial charge in [0.25, 0.3) is 0 Å². The molecule has 1 heterocycles. The highest BCUT2D eigenvalue weighted by atomic mass is 16.5. The van der Waals surface area contributed by atoms with E-state index in [4.69, 9.17) is 14.2 Å². The van der Waals surface area contributed by atoms with E-state index in [1.807, 2.05) is 31.2 Å². The summed E-state index contributed by atoms with van der Waals surface area (Å²) in [7, 11) is 1.44. The first kappa shape index (κ1) is 15.6. The van der Waals surface area contributed by atoms with Gasteiger partial charge in [0.05, 0.1) is 19.6 Å². The summed E-state index contributed by atoms with van der Waals surface area (Å²) in [5.74, 6) is 1.43. The first-order valence-electron chi connectivity index (χ1n) is 7.39. The van der Waals surface area contributed by atoms with E-state index in [0.717, 1.165) is 37.6 Å². The summed E-state index contributed by atoms with van der Waals surface area (Å²) in [5, 5.41) is 0. The average Bonchev–Trinajstić information content (AvgIpc) is 2.97. The number of carbonyl (C=O) groups excluding carboxylic acids is 1. The van der Waals surface area contributed by atoms with Gasteiger partial charge < -0.3 is 14.2 Å². The quantitative estimate of drug-likeness (QED) is 0.719. The standard InChI is InChI=1S/C16H23NO4/c1-3-20-14-6-4-5-7-15(14)21-11-10-17-9-8-13(12-17)16(18)19-2/h4-7,13H,3,8-12H2,1-2H3. The highest BCUT2D eigenvalue weighted by Gasteiger charge is 2.28. The fraction of sp³-hybridized carbons (Fsp3) is 0.562. The van der Waals surface area contributed by atoms with E-state index in [2.05, 4.69) is 4.90 Å². The Balaban J connectivity index is 1.76. The van der Waals surface area contributed by atoms with Crippen molar-refractivity contribution in [1.29, 1.82) is 0 Å². The zero-order valence-corrected chi connectivity index (χ0v) is 12.7. The van der Waals surface area contributed by atoms with Gasteiger partial charge in [0, 0.05) is 13.1 Å². The third-order valence-electron chi connectivity index (χ3n) is 3.62. The lowest BCUT2D eigenvalue weighted by Gasteiger charge is -2.17. The van der Waals surface area contributed by atoms with Crippen LogP contribution in [0, 0.1) is 5.92 Å². The Hall–Kier alpha value is -1.75. The number of esters is 1. The second kappa shape index (κ2) is 7.88. The monoisotopic (exact) mass is 293 g/mol. The molecule has 1 aromatic rings. The third kappa shape index (κ3) is 4.36. The van der Waals surface area contributed by atoms with Crippen LogP contribution < -0.4 is 9.47 Å². The number of methoxy groups -OCH3 is 1. The molecule has 0 spiro atoms. The molecule has 1 aliphatic rings. The Morgan fingerprint density at radius 1 is 1.29 bits per heavy atom. The number of likely N-dealkylation sites (tertiary alicyclic amines) is 1. The maximum atomic E-state index is 11.5. The van der Waals surface area contributed by atoms with E-state index in [1.165, 1.54) is 7.11 Å². The van der Waals surface area contributed by atoms with E-state index in [1.54, 1.807) is 0 Å². The molecule has 116 valence electrons. The molecule has 0 saturated carbocycles. The molecule has 0 N–H and O–H groups in total. The molecule has 1 fully saturated rings. The number of para-hydroxylation sites is 2. The lowest BCUT2D eigenvalue weighted by atomic mass is 10.1. The Morgan fingerprint density at radius 2 is 2.00 bits per heavy atom. The average molecular weight is 293 g/mol. The molecule has 21 heavy (non-hydrogen) atoms. The van der Waals surface area contributed by atoms with Crippen LogP contribution in [0.1, 0.15) is 13.3 Å². The molecule has 0 bridgehead atoms. The topological polar surface area (TPSA) is 48.0 Å². The Labute approximate surface area is 125 Å². The molecule has 1 aliphatic heterocycles. The van der Waals surface area contributed by atoms with E-state index < -0.39 is 0 Å². The number of hydrogen-bond donors (Lipinski definition) is 0. The van der Waals surface area contributed by atoms with Gasteiger partial charge in [-0.15, -0.1) is 0 Å². The highest BCUT2D eigenvalue weighted by molar-refractivity contribution is 5.72. The Bertz CT molecular complexity index is 463. The van der Waals surface area contributed by atoms with Gasteiger partial charge in [-0.05, 0) is 32.0 Å². The van der Waals surface area contributed by atoms with Crippen LogP contribution >= 0.6 is 0 Å². The number of nitrogens with zero attached hydrogens (tertiary/aromatic N) is 1.